The fourth-order valence-corrected chi connectivity index (χ4v) is 3.52. The van der Waals surface area contributed by atoms with Crippen LogP contribution >= 0.6 is 0 Å². The van der Waals surface area contributed by atoms with Crippen molar-refractivity contribution in [2.24, 2.45) is 0 Å². The van der Waals surface area contributed by atoms with Crippen LogP contribution < -0.4 is 10.2 Å². The molecule has 1 aromatic rings. The van der Waals surface area contributed by atoms with Gasteiger partial charge in [-0.25, -0.2) is 0 Å². The van der Waals surface area contributed by atoms with Crippen LogP contribution in [0.3, 0.4) is 0 Å². The van der Waals surface area contributed by atoms with Gasteiger partial charge in [0.05, 0.1) is 0 Å². The molecule has 0 unspecified atom stereocenters. The van der Waals surface area contributed by atoms with E-state index in [1.54, 1.807) is 4.90 Å². The molecule has 6 heteroatoms. The molecule has 0 aliphatic carbocycles. The van der Waals surface area contributed by atoms with E-state index < -0.39 is 0 Å². The Morgan fingerprint density at radius 2 is 2.04 bits per heavy atom. The quantitative estimate of drug-likeness (QED) is 0.482. The van der Waals surface area contributed by atoms with Crippen LogP contribution in [0.1, 0.15) is 31.2 Å². The number of hydrogen-bond acceptors (Lipinski definition) is 4. The predicted molar refractivity (Wildman–Crippen MR) is 99.2 cm³/mol. The first-order chi connectivity index (χ1) is 12.7. The lowest BCUT2D eigenvalue weighted by molar-refractivity contribution is -0.127. The normalized spacial score (nSPS) is 17.0. The molecular formula is C20H24N4O2. The number of anilines is 1. The Hall–Kier alpha value is -2.81. The van der Waals surface area contributed by atoms with Gasteiger partial charge in [-0.3, -0.25) is 9.59 Å². The molecule has 0 spiro atoms. The lowest BCUT2D eigenvalue weighted by Crippen LogP contribution is -2.36. The molecule has 1 saturated heterocycles. The largest absolute Gasteiger partial charge is 0.390 e. The van der Waals surface area contributed by atoms with E-state index in [9.17, 15) is 14.9 Å². The Balaban J connectivity index is 1.55. The third kappa shape index (κ3) is 4.05. The van der Waals surface area contributed by atoms with Gasteiger partial charge >= 0.3 is 0 Å². The second-order valence-electron chi connectivity index (χ2n) is 6.65. The molecule has 0 bridgehead atoms. The van der Waals surface area contributed by atoms with Crippen molar-refractivity contribution < 1.29 is 9.59 Å². The number of fused-ring (bicyclic) bond motifs is 1. The molecule has 1 fully saturated rings. The molecule has 1 N–H and O–H groups in total. The fraction of sp³-hybridized carbons (Fsp3) is 0.450. The maximum absolute atomic E-state index is 12.8. The zero-order chi connectivity index (χ0) is 18.4. The van der Waals surface area contributed by atoms with Crippen molar-refractivity contribution in [3.05, 3.63) is 41.6 Å². The molecule has 0 radical (unpaired) electrons. The van der Waals surface area contributed by atoms with Gasteiger partial charge in [-0.15, -0.1) is 0 Å². The molecule has 2 aliphatic rings. The smallest absolute Gasteiger partial charge is 0.270 e. The minimum Gasteiger partial charge on any atom is -0.390 e. The Kier molecular flexibility index (Phi) is 5.90. The topological polar surface area (TPSA) is 76.4 Å². The molecule has 0 atom stereocenters. The van der Waals surface area contributed by atoms with E-state index in [2.05, 4.69) is 5.32 Å². The highest BCUT2D eigenvalue weighted by Crippen LogP contribution is 2.27. The number of carbonyl (C=O) groups is 2. The Morgan fingerprint density at radius 1 is 1.23 bits per heavy atom. The average molecular weight is 352 g/mol. The van der Waals surface area contributed by atoms with Gasteiger partial charge in [0.1, 0.15) is 11.6 Å². The van der Waals surface area contributed by atoms with Crippen molar-refractivity contribution in [2.75, 3.05) is 31.1 Å². The standard InChI is InChI=1S/C20H24N4O2/c21-14-17(15-22-10-5-12-23-11-4-9-19(23)25)20(26)24-13-3-7-16-6-1-2-8-18(16)24/h1-2,6,8,15,22H,3-5,7,9-13H2/b17-15-. The first-order valence-electron chi connectivity index (χ1n) is 9.22. The maximum Gasteiger partial charge on any atom is 0.270 e. The van der Waals surface area contributed by atoms with E-state index in [4.69, 9.17) is 0 Å². The number of likely N-dealkylation sites (tertiary alicyclic amines) is 1. The van der Waals surface area contributed by atoms with E-state index in [1.165, 1.54) is 6.20 Å². The highest BCUT2D eigenvalue weighted by molar-refractivity contribution is 6.08. The Bertz CT molecular complexity index is 750. The molecule has 136 valence electrons. The van der Waals surface area contributed by atoms with E-state index in [-0.39, 0.29) is 17.4 Å². The number of benzene rings is 1. The third-order valence-corrected chi connectivity index (χ3v) is 4.87. The summed E-state index contributed by atoms with van der Waals surface area (Å²) in [5, 5.41) is 12.4. The number of aryl methyl sites for hydroxylation is 1. The summed E-state index contributed by atoms with van der Waals surface area (Å²) >= 11 is 0. The Labute approximate surface area is 154 Å². The second-order valence-corrected chi connectivity index (χ2v) is 6.65. The first-order valence-corrected chi connectivity index (χ1v) is 9.22. The summed E-state index contributed by atoms with van der Waals surface area (Å²) in [5.74, 6) is -0.0425. The summed E-state index contributed by atoms with van der Waals surface area (Å²) in [4.78, 5) is 27.9. The maximum atomic E-state index is 12.8. The van der Waals surface area contributed by atoms with Crippen molar-refractivity contribution in [3.8, 4) is 6.07 Å². The van der Waals surface area contributed by atoms with E-state index in [0.717, 1.165) is 50.0 Å². The Morgan fingerprint density at radius 3 is 2.81 bits per heavy atom. The number of nitrogens with one attached hydrogen (secondary N) is 1. The van der Waals surface area contributed by atoms with Crippen LogP contribution in [0, 0.1) is 11.3 Å². The molecule has 2 heterocycles. The van der Waals surface area contributed by atoms with Crippen LogP contribution in [0.25, 0.3) is 0 Å². The van der Waals surface area contributed by atoms with Crippen LogP contribution in [0.2, 0.25) is 0 Å². The third-order valence-electron chi connectivity index (χ3n) is 4.87. The van der Waals surface area contributed by atoms with E-state index in [0.29, 0.717) is 19.5 Å². The summed E-state index contributed by atoms with van der Waals surface area (Å²) in [6.45, 7) is 2.81. The molecule has 0 aromatic heterocycles. The lowest BCUT2D eigenvalue weighted by atomic mass is 10.0. The number of amides is 2. The zero-order valence-corrected chi connectivity index (χ0v) is 14.9. The van der Waals surface area contributed by atoms with Crippen molar-refractivity contribution in [3.63, 3.8) is 0 Å². The number of para-hydroxylation sites is 1. The molecular weight excluding hydrogens is 328 g/mol. The molecule has 0 saturated carbocycles. The van der Waals surface area contributed by atoms with Crippen molar-refractivity contribution in [1.29, 1.82) is 5.26 Å². The monoisotopic (exact) mass is 352 g/mol. The van der Waals surface area contributed by atoms with Crippen molar-refractivity contribution in [1.82, 2.24) is 10.2 Å². The number of nitrogens with zero attached hydrogens (tertiary/aromatic N) is 3. The second kappa shape index (κ2) is 8.52. The molecule has 2 amide bonds. The van der Waals surface area contributed by atoms with E-state index in [1.807, 2.05) is 35.2 Å². The molecule has 26 heavy (non-hydrogen) atoms. The summed E-state index contributed by atoms with van der Waals surface area (Å²) < 4.78 is 0. The summed E-state index contributed by atoms with van der Waals surface area (Å²) in [5.41, 5.74) is 2.16. The van der Waals surface area contributed by atoms with Gasteiger partial charge in [-0.2, -0.15) is 5.26 Å². The molecule has 6 nitrogen and oxygen atoms in total. The predicted octanol–water partition coefficient (Wildman–Crippen LogP) is 1.98. The summed E-state index contributed by atoms with van der Waals surface area (Å²) in [6.07, 6.45) is 5.75. The highest BCUT2D eigenvalue weighted by Gasteiger charge is 2.24. The average Bonchev–Trinajstić information content (AvgIpc) is 3.08. The van der Waals surface area contributed by atoms with Gasteiger partial charge in [-0.05, 0) is 37.3 Å². The number of carbonyl (C=O) groups excluding carboxylic acids is 2. The highest BCUT2D eigenvalue weighted by atomic mass is 16.2. The molecule has 3 rings (SSSR count). The number of rotatable bonds is 6. The van der Waals surface area contributed by atoms with Gasteiger partial charge in [0.25, 0.3) is 5.91 Å². The van der Waals surface area contributed by atoms with Crippen molar-refractivity contribution in [2.45, 2.75) is 32.1 Å². The molecule has 2 aliphatic heterocycles. The number of nitriles is 1. The van der Waals surface area contributed by atoms with Crippen LogP contribution in [-0.2, 0) is 16.0 Å². The van der Waals surface area contributed by atoms with Crippen LogP contribution in [0.15, 0.2) is 36.0 Å². The first kappa shape index (κ1) is 18.0. The SMILES string of the molecule is N#C/C(=C/NCCCN1CCCC1=O)C(=O)N1CCCc2ccccc21. The van der Waals surface area contributed by atoms with Gasteiger partial charge in [0.15, 0.2) is 0 Å². The van der Waals surface area contributed by atoms with Gasteiger partial charge in [0, 0.05) is 44.5 Å². The van der Waals surface area contributed by atoms with Crippen LogP contribution in [0.5, 0.6) is 0 Å². The fourth-order valence-electron chi connectivity index (χ4n) is 3.52. The van der Waals surface area contributed by atoms with E-state index >= 15 is 0 Å². The van der Waals surface area contributed by atoms with Crippen LogP contribution in [-0.4, -0.2) is 42.9 Å². The number of hydrogen-bond donors (Lipinski definition) is 1. The lowest BCUT2D eigenvalue weighted by Gasteiger charge is -2.29. The van der Waals surface area contributed by atoms with Crippen molar-refractivity contribution >= 4 is 17.5 Å². The summed E-state index contributed by atoms with van der Waals surface area (Å²) in [7, 11) is 0. The zero-order valence-electron chi connectivity index (χ0n) is 14.9. The van der Waals surface area contributed by atoms with Gasteiger partial charge in [0.2, 0.25) is 5.91 Å². The molecule has 1 aromatic carbocycles. The van der Waals surface area contributed by atoms with Crippen LogP contribution in [0.4, 0.5) is 5.69 Å². The van der Waals surface area contributed by atoms with Gasteiger partial charge < -0.3 is 15.1 Å². The summed E-state index contributed by atoms with van der Waals surface area (Å²) in [6, 6.07) is 9.86. The minimum absolute atomic E-state index is 0.110. The minimum atomic E-state index is -0.262. The van der Waals surface area contributed by atoms with Gasteiger partial charge in [-0.1, -0.05) is 18.2 Å².